The molecule has 0 aliphatic heterocycles. The lowest BCUT2D eigenvalue weighted by Crippen LogP contribution is -2.12. The summed E-state index contributed by atoms with van der Waals surface area (Å²) < 4.78 is 0. The molecule has 2 atom stereocenters. The van der Waals surface area contributed by atoms with Gasteiger partial charge in [-0.2, -0.15) is 0 Å². The van der Waals surface area contributed by atoms with Crippen molar-refractivity contribution in [3.05, 3.63) is 0 Å². The largest absolute Gasteiger partial charge is 0.393 e. The van der Waals surface area contributed by atoms with Gasteiger partial charge in [0.1, 0.15) is 0 Å². The summed E-state index contributed by atoms with van der Waals surface area (Å²) in [6.07, 6.45) is 14.6. The molecule has 0 aromatic heterocycles. The van der Waals surface area contributed by atoms with Crippen LogP contribution in [0.3, 0.4) is 0 Å². The van der Waals surface area contributed by atoms with Crippen molar-refractivity contribution in [2.45, 2.75) is 83.7 Å². The minimum atomic E-state index is 0.0325. The highest BCUT2D eigenvalue weighted by atomic mass is 16.3. The van der Waals surface area contributed by atoms with Crippen molar-refractivity contribution in [1.82, 2.24) is 0 Å². The average molecular weight is 212 g/mol. The van der Waals surface area contributed by atoms with E-state index >= 15 is 0 Å². The average Bonchev–Trinajstić information content (AvgIpc) is 2.63. The maximum atomic E-state index is 9.66. The van der Waals surface area contributed by atoms with E-state index in [1.54, 1.807) is 0 Å². The Balaban J connectivity index is 1.84. The summed E-state index contributed by atoms with van der Waals surface area (Å²) >= 11 is 0. The van der Waals surface area contributed by atoms with E-state index in [2.05, 4.69) is 6.92 Å². The second kappa shape index (κ2) is 8.15. The molecule has 90 valence electrons. The van der Waals surface area contributed by atoms with Crippen LogP contribution in [0, 0.1) is 5.92 Å². The van der Waals surface area contributed by atoms with Crippen LogP contribution in [0.5, 0.6) is 0 Å². The molecule has 0 heterocycles. The fourth-order valence-electron chi connectivity index (χ4n) is 2.72. The van der Waals surface area contributed by atoms with Crippen LogP contribution in [-0.2, 0) is 0 Å². The third-order valence-electron chi connectivity index (χ3n) is 3.80. The molecular weight excluding hydrogens is 184 g/mol. The molecule has 0 saturated heterocycles. The first-order valence-corrected chi connectivity index (χ1v) is 7.02. The number of aliphatic hydroxyl groups is 1. The highest BCUT2D eigenvalue weighted by molar-refractivity contribution is 4.76. The molecule has 0 bridgehead atoms. The van der Waals surface area contributed by atoms with E-state index in [1.165, 1.54) is 64.2 Å². The van der Waals surface area contributed by atoms with Gasteiger partial charge in [-0.25, -0.2) is 0 Å². The quantitative estimate of drug-likeness (QED) is 0.595. The van der Waals surface area contributed by atoms with Crippen LogP contribution in [0.15, 0.2) is 0 Å². The maximum absolute atomic E-state index is 9.66. The zero-order valence-electron chi connectivity index (χ0n) is 10.4. The smallest absolute Gasteiger partial charge is 0.0568 e. The molecule has 0 radical (unpaired) electrons. The van der Waals surface area contributed by atoms with Gasteiger partial charge in [0.2, 0.25) is 0 Å². The lowest BCUT2D eigenvalue weighted by Gasteiger charge is -2.13. The minimum absolute atomic E-state index is 0.0325. The number of hydrogen-bond acceptors (Lipinski definition) is 1. The number of rotatable bonds is 8. The SMILES string of the molecule is CCCCCCCCCC1CCCC1O. The van der Waals surface area contributed by atoms with Gasteiger partial charge < -0.3 is 5.11 Å². The molecule has 0 spiro atoms. The Morgan fingerprint density at radius 3 is 2.20 bits per heavy atom. The topological polar surface area (TPSA) is 20.2 Å². The first kappa shape index (κ1) is 13.0. The fourth-order valence-corrected chi connectivity index (χ4v) is 2.72. The van der Waals surface area contributed by atoms with Crippen molar-refractivity contribution >= 4 is 0 Å². The Labute approximate surface area is 95.3 Å². The third kappa shape index (κ3) is 5.55. The molecular formula is C14H28O. The lowest BCUT2D eigenvalue weighted by molar-refractivity contribution is 0.126. The van der Waals surface area contributed by atoms with E-state index in [1.807, 2.05) is 0 Å². The van der Waals surface area contributed by atoms with Gasteiger partial charge in [-0.3, -0.25) is 0 Å². The van der Waals surface area contributed by atoms with Gasteiger partial charge >= 0.3 is 0 Å². The number of aliphatic hydroxyl groups excluding tert-OH is 1. The Morgan fingerprint density at radius 2 is 1.60 bits per heavy atom. The van der Waals surface area contributed by atoms with Crippen molar-refractivity contribution in [2.75, 3.05) is 0 Å². The van der Waals surface area contributed by atoms with Crippen LogP contribution in [0.25, 0.3) is 0 Å². The normalized spacial score (nSPS) is 26.0. The van der Waals surface area contributed by atoms with E-state index in [0.717, 1.165) is 6.42 Å². The molecule has 1 nitrogen and oxygen atoms in total. The van der Waals surface area contributed by atoms with Crippen LogP contribution in [0.4, 0.5) is 0 Å². The number of hydrogen-bond donors (Lipinski definition) is 1. The molecule has 15 heavy (non-hydrogen) atoms. The van der Waals surface area contributed by atoms with Crippen molar-refractivity contribution in [3.63, 3.8) is 0 Å². The molecule has 1 heteroatoms. The molecule has 1 fully saturated rings. The zero-order valence-corrected chi connectivity index (χ0v) is 10.4. The van der Waals surface area contributed by atoms with Gasteiger partial charge in [0.25, 0.3) is 0 Å². The van der Waals surface area contributed by atoms with Crippen LogP contribution in [-0.4, -0.2) is 11.2 Å². The van der Waals surface area contributed by atoms with E-state index in [-0.39, 0.29) is 6.10 Å². The maximum Gasteiger partial charge on any atom is 0.0568 e. The summed E-state index contributed by atoms with van der Waals surface area (Å²) in [5.41, 5.74) is 0. The van der Waals surface area contributed by atoms with E-state index in [0.29, 0.717) is 5.92 Å². The van der Waals surface area contributed by atoms with Gasteiger partial charge in [-0.05, 0) is 25.2 Å². The molecule has 1 aliphatic carbocycles. The van der Waals surface area contributed by atoms with Crippen molar-refractivity contribution in [2.24, 2.45) is 5.92 Å². The minimum Gasteiger partial charge on any atom is -0.393 e. The Kier molecular flexibility index (Phi) is 7.08. The molecule has 1 N–H and O–H groups in total. The van der Waals surface area contributed by atoms with Gasteiger partial charge in [0, 0.05) is 0 Å². The van der Waals surface area contributed by atoms with Crippen molar-refractivity contribution < 1.29 is 5.11 Å². The Morgan fingerprint density at radius 1 is 0.933 bits per heavy atom. The standard InChI is InChI=1S/C14H28O/c1-2-3-4-5-6-7-8-10-13-11-9-12-14(13)15/h13-15H,2-12H2,1H3. The predicted octanol–water partition coefficient (Wildman–Crippen LogP) is 4.29. The molecule has 2 unspecified atom stereocenters. The first-order chi connectivity index (χ1) is 7.34. The summed E-state index contributed by atoms with van der Waals surface area (Å²) in [6.45, 7) is 2.27. The van der Waals surface area contributed by atoms with Gasteiger partial charge in [0.15, 0.2) is 0 Å². The molecule has 0 aromatic carbocycles. The number of unbranched alkanes of at least 4 members (excludes halogenated alkanes) is 6. The summed E-state index contributed by atoms with van der Waals surface area (Å²) in [5.74, 6) is 0.639. The third-order valence-corrected chi connectivity index (χ3v) is 3.80. The molecule has 1 rings (SSSR count). The molecule has 1 aliphatic rings. The first-order valence-electron chi connectivity index (χ1n) is 7.02. The summed E-state index contributed by atoms with van der Waals surface area (Å²) in [6, 6.07) is 0. The second-order valence-electron chi connectivity index (χ2n) is 5.17. The molecule has 1 saturated carbocycles. The van der Waals surface area contributed by atoms with Crippen LogP contribution in [0.1, 0.15) is 77.6 Å². The monoisotopic (exact) mass is 212 g/mol. The summed E-state index contributed by atoms with van der Waals surface area (Å²) in [4.78, 5) is 0. The van der Waals surface area contributed by atoms with Crippen LogP contribution < -0.4 is 0 Å². The second-order valence-corrected chi connectivity index (χ2v) is 5.17. The molecule has 0 aromatic rings. The Hall–Kier alpha value is -0.0400. The van der Waals surface area contributed by atoms with Crippen molar-refractivity contribution in [1.29, 1.82) is 0 Å². The Bertz CT molecular complexity index is 144. The summed E-state index contributed by atoms with van der Waals surface area (Å²) in [7, 11) is 0. The zero-order chi connectivity index (χ0) is 10.9. The lowest BCUT2D eigenvalue weighted by atomic mass is 9.97. The predicted molar refractivity (Wildman–Crippen MR) is 66.0 cm³/mol. The van der Waals surface area contributed by atoms with E-state index < -0.39 is 0 Å². The van der Waals surface area contributed by atoms with Gasteiger partial charge in [0.05, 0.1) is 6.10 Å². The highest BCUT2D eigenvalue weighted by Gasteiger charge is 2.23. The van der Waals surface area contributed by atoms with E-state index in [4.69, 9.17) is 0 Å². The molecule has 0 amide bonds. The van der Waals surface area contributed by atoms with Gasteiger partial charge in [-0.15, -0.1) is 0 Å². The van der Waals surface area contributed by atoms with E-state index in [9.17, 15) is 5.11 Å². The van der Waals surface area contributed by atoms with Gasteiger partial charge in [-0.1, -0.05) is 58.3 Å². The highest BCUT2D eigenvalue weighted by Crippen LogP contribution is 2.29. The van der Waals surface area contributed by atoms with Crippen LogP contribution >= 0.6 is 0 Å². The van der Waals surface area contributed by atoms with Crippen LogP contribution in [0.2, 0.25) is 0 Å². The fraction of sp³-hybridized carbons (Fsp3) is 1.00. The summed E-state index contributed by atoms with van der Waals surface area (Å²) in [5, 5.41) is 9.66. The van der Waals surface area contributed by atoms with Crippen molar-refractivity contribution in [3.8, 4) is 0 Å².